The minimum atomic E-state index is -0.816. The molecule has 24 heavy (non-hydrogen) atoms. The summed E-state index contributed by atoms with van der Waals surface area (Å²) >= 11 is 0. The van der Waals surface area contributed by atoms with E-state index >= 15 is 0 Å². The van der Waals surface area contributed by atoms with Gasteiger partial charge in [-0.2, -0.15) is 0 Å². The second-order valence-corrected chi connectivity index (χ2v) is 10.9. The van der Waals surface area contributed by atoms with Crippen LogP contribution < -0.4 is 64.8 Å². The summed E-state index contributed by atoms with van der Waals surface area (Å²) in [5.74, 6) is 1.94. The predicted octanol–water partition coefficient (Wildman–Crippen LogP) is -11.0. The number of nitrogens with two attached hydrogens (primary N) is 1. The number of unbranched alkanes of at least 4 members (excludes halogenated alkanes) is 5. The van der Waals surface area contributed by atoms with Crippen LogP contribution in [0.15, 0.2) is 0 Å². The van der Waals surface area contributed by atoms with Crippen molar-refractivity contribution in [3.8, 4) is 0 Å². The third-order valence-electron chi connectivity index (χ3n) is 4.08. The van der Waals surface area contributed by atoms with E-state index in [1.807, 2.05) is 0 Å². The van der Waals surface area contributed by atoms with Crippen molar-refractivity contribution in [3.05, 3.63) is 0 Å². The Morgan fingerprint density at radius 3 is 1.62 bits per heavy atom. The summed E-state index contributed by atoms with van der Waals surface area (Å²) < 4.78 is 0. The van der Waals surface area contributed by atoms with Crippen LogP contribution in [0.1, 0.15) is 38.5 Å². The van der Waals surface area contributed by atoms with Crippen molar-refractivity contribution >= 4 is 92.9 Å². The fraction of sp³-hybridized carbons (Fsp3) is 1.00. The molecule has 0 aromatic carbocycles. The molecule has 2 N–H and O–H groups in total. The van der Waals surface area contributed by atoms with Gasteiger partial charge in [0, 0.05) is 0 Å². The van der Waals surface area contributed by atoms with Crippen molar-refractivity contribution in [3.63, 3.8) is 0 Å². The summed E-state index contributed by atoms with van der Waals surface area (Å²) in [7, 11) is 17.7. The van der Waals surface area contributed by atoms with Gasteiger partial charge in [0.15, 0.2) is 0 Å². The average molecular weight is 338 g/mol. The molecule has 0 aliphatic rings. The third-order valence-corrected chi connectivity index (χ3v) is 8.87. The van der Waals surface area contributed by atoms with Crippen LogP contribution in [0.5, 0.6) is 0 Å². The number of hydrogen-bond donors (Lipinski definition) is 1. The fourth-order valence-corrected chi connectivity index (χ4v) is 7.44. The van der Waals surface area contributed by atoms with Crippen LogP contribution in [0.3, 0.4) is 0 Å². The Hall–Kier alpha value is 3.09. The summed E-state index contributed by atoms with van der Waals surface area (Å²) in [6.45, 7) is 0.841. The zero-order valence-electron chi connectivity index (χ0n) is 17.8. The van der Waals surface area contributed by atoms with Crippen molar-refractivity contribution in [1.82, 2.24) is 0 Å². The molecule has 0 heterocycles. The van der Waals surface area contributed by atoms with Gasteiger partial charge in [-0.3, -0.25) is 0 Å². The molecule has 0 bridgehead atoms. The van der Waals surface area contributed by atoms with Crippen molar-refractivity contribution in [2.24, 2.45) is 5.73 Å². The molecule has 1 nitrogen and oxygen atoms in total. The first-order valence-corrected chi connectivity index (χ1v) is 11.3. The molecule has 3 radical (unpaired) electrons. The van der Waals surface area contributed by atoms with Crippen molar-refractivity contribution in [2.75, 3.05) is 12.3 Å². The SMILES string of the molecule is [10B-][10BH][10B]([10BH2])S(=[10B][10B]([10BH2])[10BH2])(=[10B][10B]([10BH2])[10BH2])CCCCCCCCN.[Na+].[Na+]. The molecule has 0 aliphatic carbocycles. The van der Waals surface area contributed by atoms with Crippen LogP contribution in [0.4, 0.5) is 0 Å². The normalized spacial score (nSPS) is 9.58. The van der Waals surface area contributed by atoms with E-state index in [2.05, 4.69) is 50.8 Å². The van der Waals surface area contributed by atoms with E-state index in [1.54, 1.807) is 0 Å². The summed E-state index contributed by atoms with van der Waals surface area (Å²) in [5, 5.41) is 0. The maximum absolute atomic E-state index is 6.06. The molecular formula is C8H29B12NNa2S+. The Morgan fingerprint density at radius 2 is 1.25 bits per heavy atom. The average Bonchev–Trinajstić information content (AvgIpc) is 2.43. The van der Waals surface area contributed by atoms with Gasteiger partial charge >= 0.3 is 209 Å². The molecule has 0 rings (SSSR count). The first-order valence-electron chi connectivity index (χ1n) is 9.27. The molecule has 0 saturated carbocycles. The minimum absolute atomic E-state index is 0. The maximum Gasteiger partial charge on any atom is 1.00 e. The van der Waals surface area contributed by atoms with E-state index in [4.69, 9.17) is 13.5 Å². The Balaban J connectivity index is -0.00000220. The molecule has 16 heteroatoms. The zero-order chi connectivity index (χ0) is 17.0. The van der Waals surface area contributed by atoms with Crippen LogP contribution in [0.25, 0.3) is 0 Å². The minimum Gasteiger partial charge on any atom is 1.00 e. The van der Waals surface area contributed by atoms with Gasteiger partial charge in [0.2, 0.25) is 0 Å². The molecule has 109 valence electrons. The molecule has 0 aromatic heterocycles. The first-order chi connectivity index (χ1) is 10.4. The van der Waals surface area contributed by atoms with Gasteiger partial charge in [0.1, 0.15) is 0 Å². The van der Waals surface area contributed by atoms with E-state index in [0.29, 0.717) is 18.5 Å². The molecule has 0 spiro atoms. The Labute approximate surface area is 206 Å². The van der Waals surface area contributed by atoms with Crippen molar-refractivity contribution in [1.29, 1.82) is 0 Å². The molecule has 0 saturated heterocycles. The molecular weight excluding hydrogens is 308 g/mol. The summed E-state index contributed by atoms with van der Waals surface area (Å²) in [5.41, 5.74) is 5.55. The van der Waals surface area contributed by atoms with Crippen LogP contribution >= 0.6 is 8.73 Å². The van der Waals surface area contributed by atoms with Gasteiger partial charge < -0.3 is 0 Å². The van der Waals surface area contributed by atoms with Crippen LogP contribution in [0, 0.1) is 0 Å². The molecule has 0 fully saturated rings. The van der Waals surface area contributed by atoms with E-state index in [-0.39, 0.29) is 59.1 Å². The fourth-order valence-electron chi connectivity index (χ4n) is 3.05. The molecule has 0 atom stereocenters. The van der Waals surface area contributed by atoms with Gasteiger partial charge in [-0.25, -0.2) is 0 Å². The quantitative estimate of drug-likeness (QED) is 0.278. The molecule has 0 amide bonds. The summed E-state index contributed by atoms with van der Waals surface area (Å²) in [4.78, 5) is 0. The van der Waals surface area contributed by atoms with Crippen LogP contribution in [0.2, 0.25) is 0 Å². The smallest absolute Gasteiger partial charge is 1.00 e. The topological polar surface area (TPSA) is 26.0 Å². The van der Waals surface area contributed by atoms with E-state index in [1.165, 1.54) is 44.3 Å². The monoisotopic (exact) mass is 337 g/mol. The van der Waals surface area contributed by atoms with Gasteiger partial charge in [0.25, 0.3) is 0 Å². The summed E-state index contributed by atoms with van der Waals surface area (Å²) in [6, 6.07) is 5.28. The zero-order valence-corrected chi connectivity index (χ0v) is 22.6. The largest absolute Gasteiger partial charge is 1.00 e. The van der Waals surface area contributed by atoms with E-state index in [9.17, 15) is 0 Å². The Kier molecular flexibility index (Phi) is 25.7. The summed E-state index contributed by atoms with van der Waals surface area (Å²) in [6.07, 6.45) is 9.16. The van der Waals surface area contributed by atoms with Gasteiger partial charge in [0.05, 0.1) is 0 Å². The second-order valence-electron chi connectivity index (χ2n) is 7.33. The molecule has 0 aliphatic heterocycles. The second kappa shape index (κ2) is 19.4. The predicted molar refractivity (Wildman–Crippen MR) is 134 cm³/mol. The Bertz CT molecular complexity index is 383. The van der Waals surface area contributed by atoms with Gasteiger partial charge in [-0.15, -0.1) is 0 Å². The molecule has 0 aromatic rings. The third kappa shape index (κ3) is 15.1. The maximum atomic E-state index is 6.06. The number of hydrogen-bond acceptors (Lipinski definition) is 1. The molecule has 0 unspecified atom stereocenters. The van der Waals surface area contributed by atoms with E-state index < -0.39 is 8.73 Å². The van der Waals surface area contributed by atoms with Gasteiger partial charge in [-0.1, -0.05) is 0 Å². The van der Waals surface area contributed by atoms with Gasteiger partial charge in [-0.05, 0) is 0 Å². The van der Waals surface area contributed by atoms with E-state index in [0.717, 1.165) is 13.6 Å². The number of rotatable bonds is 12. The van der Waals surface area contributed by atoms with Crippen molar-refractivity contribution < 1.29 is 59.1 Å². The van der Waals surface area contributed by atoms with Crippen LogP contribution in [-0.4, -0.2) is 96.4 Å². The first kappa shape index (κ1) is 31.8. The van der Waals surface area contributed by atoms with Crippen molar-refractivity contribution in [2.45, 2.75) is 38.5 Å². The standard InChI is InChI=1S/C8H29B12NS.2Na/c9-15-20(14)22(16-18(10)11,17-19(12)13)8-6-4-2-1-3-5-7-21;;/h15H,1-8,10-14,21H2;;/q-1;2*+1/i9-1,10-1,11-1,12-1,13-1,14-1,15-1,16-1,17-1,18-1,19-1,20-1;;. The van der Waals surface area contributed by atoms with Crippen LogP contribution in [-0.2, 0) is 0 Å². The Morgan fingerprint density at radius 1 is 0.833 bits per heavy atom.